The normalized spacial score (nSPS) is 46.5. The summed E-state index contributed by atoms with van der Waals surface area (Å²) in [5, 5.41) is 3.40. The summed E-state index contributed by atoms with van der Waals surface area (Å²) in [6, 6.07) is 0. The van der Waals surface area contributed by atoms with E-state index in [1.807, 2.05) is 13.8 Å². The van der Waals surface area contributed by atoms with Crippen molar-refractivity contribution in [1.82, 2.24) is 5.32 Å². The maximum absolute atomic E-state index is 12.6. The van der Waals surface area contributed by atoms with E-state index in [9.17, 15) is 4.79 Å². The second kappa shape index (κ2) is 4.00. The van der Waals surface area contributed by atoms with Crippen LogP contribution < -0.4 is 5.32 Å². The van der Waals surface area contributed by atoms with Crippen molar-refractivity contribution in [2.45, 2.75) is 77.4 Å². The van der Waals surface area contributed by atoms with Crippen LogP contribution in [0, 0.1) is 16.7 Å². The first-order valence-electron chi connectivity index (χ1n) is 7.97. The topological polar surface area (TPSA) is 38.3 Å². The predicted molar refractivity (Wildman–Crippen MR) is 79.4 cm³/mol. The first-order chi connectivity index (χ1) is 9.10. The van der Waals surface area contributed by atoms with Gasteiger partial charge in [0.05, 0.1) is 0 Å². The van der Waals surface area contributed by atoms with Crippen LogP contribution in [0.5, 0.6) is 0 Å². The molecule has 20 heavy (non-hydrogen) atoms. The van der Waals surface area contributed by atoms with Gasteiger partial charge in [-0.3, -0.25) is 4.79 Å². The third-order valence-corrected chi connectivity index (χ3v) is 6.06. The van der Waals surface area contributed by atoms with Crippen molar-refractivity contribution in [3.8, 4) is 0 Å². The van der Waals surface area contributed by atoms with E-state index in [1.165, 1.54) is 25.7 Å². The second-order valence-corrected chi connectivity index (χ2v) is 9.08. The summed E-state index contributed by atoms with van der Waals surface area (Å²) in [5.74, 6) is 0.848. The van der Waals surface area contributed by atoms with Gasteiger partial charge in [0, 0.05) is 12.6 Å². The molecule has 2 unspecified atom stereocenters. The third kappa shape index (κ3) is 2.18. The zero-order valence-electron chi connectivity index (χ0n) is 13.6. The zero-order valence-corrected chi connectivity index (χ0v) is 13.6. The van der Waals surface area contributed by atoms with Crippen molar-refractivity contribution in [2.75, 3.05) is 7.11 Å². The number of carbonyl (C=O) groups excluding carboxylic acids is 1. The molecule has 4 fully saturated rings. The van der Waals surface area contributed by atoms with Gasteiger partial charge in [-0.1, -0.05) is 13.8 Å². The van der Waals surface area contributed by atoms with E-state index in [-0.39, 0.29) is 11.4 Å². The first kappa shape index (κ1) is 14.4. The molecule has 4 bridgehead atoms. The van der Waals surface area contributed by atoms with Gasteiger partial charge in [0.15, 0.2) is 0 Å². The summed E-state index contributed by atoms with van der Waals surface area (Å²) in [5.41, 5.74) is 0.151. The molecule has 3 nitrogen and oxygen atoms in total. The van der Waals surface area contributed by atoms with Gasteiger partial charge in [-0.25, -0.2) is 0 Å². The Labute approximate surface area is 122 Å². The lowest BCUT2D eigenvalue weighted by molar-refractivity contribution is -0.154. The summed E-state index contributed by atoms with van der Waals surface area (Å²) in [7, 11) is 1.61. The van der Waals surface area contributed by atoms with Crippen LogP contribution in [0.2, 0.25) is 0 Å². The summed E-state index contributed by atoms with van der Waals surface area (Å²) in [4.78, 5) is 12.6. The number of ether oxygens (including phenoxy) is 1. The lowest BCUT2D eigenvalue weighted by atomic mass is 9.42. The van der Waals surface area contributed by atoms with Crippen molar-refractivity contribution in [3.05, 3.63) is 0 Å². The Kier molecular flexibility index (Phi) is 2.87. The fourth-order valence-electron chi connectivity index (χ4n) is 6.07. The van der Waals surface area contributed by atoms with E-state index in [1.54, 1.807) is 7.11 Å². The molecule has 2 atom stereocenters. The van der Waals surface area contributed by atoms with Gasteiger partial charge >= 0.3 is 0 Å². The van der Waals surface area contributed by atoms with Crippen LogP contribution in [0.15, 0.2) is 0 Å². The molecule has 3 heteroatoms. The molecule has 4 rings (SSSR count). The van der Waals surface area contributed by atoms with Gasteiger partial charge in [-0.15, -0.1) is 0 Å². The minimum Gasteiger partial charge on any atom is -0.369 e. The molecule has 4 aliphatic carbocycles. The van der Waals surface area contributed by atoms with Gasteiger partial charge in [0.25, 0.3) is 5.91 Å². The maximum Gasteiger partial charge on any atom is 0.252 e. The second-order valence-electron chi connectivity index (χ2n) is 9.08. The summed E-state index contributed by atoms with van der Waals surface area (Å²) >= 11 is 0. The van der Waals surface area contributed by atoms with Gasteiger partial charge in [0.1, 0.15) is 5.60 Å². The molecule has 0 spiro atoms. The van der Waals surface area contributed by atoms with Crippen LogP contribution in [0.4, 0.5) is 0 Å². The van der Waals surface area contributed by atoms with Crippen LogP contribution in [0.1, 0.15) is 66.2 Å². The number of methoxy groups -OCH3 is 1. The predicted octanol–water partition coefficient (Wildman–Crippen LogP) is 3.28. The van der Waals surface area contributed by atoms with Crippen molar-refractivity contribution in [2.24, 2.45) is 16.7 Å². The Balaban J connectivity index is 1.84. The number of hydrogen-bond donors (Lipinski definition) is 1. The molecule has 0 aliphatic heterocycles. The van der Waals surface area contributed by atoms with E-state index in [2.05, 4.69) is 19.2 Å². The molecule has 0 heterocycles. The average molecular weight is 279 g/mol. The number of amides is 1. The van der Waals surface area contributed by atoms with E-state index in [4.69, 9.17) is 4.74 Å². The molecule has 0 saturated heterocycles. The van der Waals surface area contributed by atoms with E-state index >= 15 is 0 Å². The van der Waals surface area contributed by atoms with Gasteiger partial charge in [-0.05, 0) is 69.1 Å². The highest BCUT2D eigenvalue weighted by molar-refractivity contribution is 5.85. The average Bonchev–Trinajstić information content (AvgIpc) is 2.22. The van der Waals surface area contributed by atoms with Crippen LogP contribution >= 0.6 is 0 Å². The fraction of sp³-hybridized carbons (Fsp3) is 0.941. The van der Waals surface area contributed by atoms with Crippen LogP contribution in [-0.4, -0.2) is 24.2 Å². The minimum absolute atomic E-state index is 0.0236. The summed E-state index contributed by atoms with van der Waals surface area (Å²) < 4.78 is 5.35. The minimum atomic E-state index is -0.731. The van der Waals surface area contributed by atoms with Crippen LogP contribution in [-0.2, 0) is 9.53 Å². The molecule has 0 radical (unpaired) electrons. The van der Waals surface area contributed by atoms with Gasteiger partial charge < -0.3 is 10.1 Å². The number of rotatable bonds is 3. The first-order valence-corrected chi connectivity index (χ1v) is 7.97. The fourth-order valence-corrected chi connectivity index (χ4v) is 6.07. The van der Waals surface area contributed by atoms with E-state index in [0.29, 0.717) is 10.8 Å². The largest absolute Gasteiger partial charge is 0.369 e. The van der Waals surface area contributed by atoms with Crippen LogP contribution in [0.3, 0.4) is 0 Å². The number of nitrogens with one attached hydrogen (secondary N) is 1. The Morgan fingerprint density at radius 3 is 2.10 bits per heavy atom. The highest BCUT2D eigenvalue weighted by Crippen LogP contribution is 2.66. The lowest BCUT2D eigenvalue weighted by Gasteiger charge is -2.65. The summed E-state index contributed by atoms with van der Waals surface area (Å²) in [6.07, 6.45) is 7.52. The third-order valence-electron chi connectivity index (χ3n) is 6.06. The molecule has 0 aromatic carbocycles. The van der Waals surface area contributed by atoms with Gasteiger partial charge in [0.2, 0.25) is 0 Å². The van der Waals surface area contributed by atoms with Crippen molar-refractivity contribution in [1.29, 1.82) is 0 Å². The molecule has 0 aromatic rings. The van der Waals surface area contributed by atoms with Crippen molar-refractivity contribution < 1.29 is 9.53 Å². The molecule has 4 aliphatic rings. The summed E-state index contributed by atoms with van der Waals surface area (Å²) in [6.45, 7) is 8.56. The zero-order chi connectivity index (χ0) is 14.8. The molecule has 1 amide bonds. The maximum atomic E-state index is 12.6. The molecular formula is C17H29NO2. The van der Waals surface area contributed by atoms with Crippen LogP contribution in [0.25, 0.3) is 0 Å². The Hall–Kier alpha value is -0.570. The quantitative estimate of drug-likeness (QED) is 0.861. The lowest BCUT2D eigenvalue weighted by Crippen LogP contribution is -2.67. The van der Waals surface area contributed by atoms with Gasteiger partial charge in [-0.2, -0.15) is 0 Å². The van der Waals surface area contributed by atoms with E-state index < -0.39 is 5.60 Å². The molecule has 1 N–H and O–H groups in total. The number of hydrogen-bond acceptors (Lipinski definition) is 2. The molecule has 0 aromatic heterocycles. The highest BCUT2D eigenvalue weighted by atomic mass is 16.5. The monoisotopic (exact) mass is 279 g/mol. The molecule has 114 valence electrons. The van der Waals surface area contributed by atoms with Crippen molar-refractivity contribution in [3.63, 3.8) is 0 Å². The number of carbonyl (C=O) groups is 1. The van der Waals surface area contributed by atoms with Crippen molar-refractivity contribution >= 4 is 5.91 Å². The molecule has 4 saturated carbocycles. The Morgan fingerprint density at radius 1 is 1.10 bits per heavy atom. The highest BCUT2D eigenvalue weighted by Gasteiger charge is 2.60. The van der Waals surface area contributed by atoms with E-state index in [0.717, 1.165) is 18.8 Å². The standard InChI is InChI=1S/C17H29NO2/c1-14(2,20-5)13(19)18-17-8-12-6-15(3,10-17)9-16(4,7-12)11-17/h12H,6-11H2,1-5H3,(H,18,19). The SMILES string of the molecule is COC(C)(C)C(=O)NC12CC3CC(C)(CC(C)(C3)C1)C2. The Morgan fingerprint density at radius 2 is 1.65 bits per heavy atom. The smallest absolute Gasteiger partial charge is 0.252 e. The Bertz CT molecular complexity index is 424. The molecular weight excluding hydrogens is 250 g/mol.